The molecule has 0 radical (unpaired) electrons. The molecule has 0 saturated heterocycles. The van der Waals surface area contributed by atoms with Gasteiger partial charge in [-0.15, -0.1) is 0 Å². The van der Waals surface area contributed by atoms with Crippen molar-refractivity contribution in [3.8, 4) is 23.0 Å². The Morgan fingerprint density at radius 1 is 0.789 bits per heavy atom. The molecule has 0 fully saturated rings. The number of hydrogen-bond donors (Lipinski definition) is 0. The van der Waals surface area contributed by atoms with E-state index in [0.29, 0.717) is 0 Å². The molecule has 100 valence electrons. The van der Waals surface area contributed by atoms with Gasteiger partial charge >= 0.3 is 0 Å². The summed E-state index contributed by atoms with van der Waals surface area (Å²) < 4.78 is 16.2. The molecule has 0 spiro atoms. The van der Waals surface area contributed by atoms with Gasteiger partial charge in [-0.1, -0.05) is 6.92 Å². The van der Waals surface area contributed by atoms with E-state index in [0.717, 1.165) is 35.0 Å². The molecule has 19 heavy (non-hydrogen) atoms. The maximum Gasteiger partial charge on any atom is 0.130 e. The van der Waals surface area contributed by atoms with Gasteiger partial charge in [0.2, 0.25) is 0 Å². The zero-order chi connectivity index (χ0) is 13.7. The normalized spacial score (nSPS) is 10.1. The lowest BCUT2D eigenvalue weighted by Crippen LogP contribution is -1.92. The van der Waals surface area contributed by atoms with Crippen LogP contribution < -0.4 is 14.2 Å². The fourth-order valence-electron chi connectivity index (χ4n) is 1.83. The van der Waals surface area contributed by atoms with E-state index < -0.39 is 0 Å². The Hall–Kier alpha value is -2.16. The number of methoxy groups -OCH3 is 2. The second-order valence-electron chi connectivity index (χ2n) is 4.10. The highest BCUT2D eigenvalue weighted by atomic mass is 16.5. The first-order valence-electron chi connectivity index (χ1n) is 6.25. The number of hydrogen-bond acceptors (Lipinski definition) is 3. The lowest BCUT2D eigenvalue weighted by atomic mass is 10.1. The summed E-state index contributed by atoms with van der Waals surface area (Å²) in [6, 6.07) is 13.4. The highest BCUT2D eigenvalue weighted by molar-refractivity contribution is 5.43. The minimum Gasteiger partial charge on any atom is -0.497 e. The average Bonchev–Trinajstić information content (AvgIpc) is 2.48. The molecule has 3 heteroatoms. The van der Waals surface area contributed by atoms with Gasteiger partial charge in [0.05, 0.1) is 14.2 Å². The molecule has 3 nitrogen and oxygen atoms in total. The van der Waals surface area contributed by atoms with Crippen LogP contribution in [0, 0.1) is 0 Å². The monoisotopic (exact) mass is 258 g/mol. The molecule has 2 aromatic rings. The van der Waals surface area contributed by atoms with Crippen LogP contribution in [0.5, 0.6) is 23.0 Å². The molecule has 0 aliphatic heterocycles. The second kappa shape index (κ2) is 6.14. The van der Waals surface area contributed by atoms with Gasteiger partial charge < -0.3 is 14.2 Å². The van der Waals surface area contributed by atoms with Gasteiger partial charge in [-0.3, -0.25) is 0 Å². The van der Waals surface area contributed by atoms with E-state index in [1.165, 1.54) is 0 Å². The molecule has 0 N–H and O–H groups in total. The summed E-state index contributed by atoms with van der Waals surface area (Å²) in [4.78, 5) is 0. The van der Waals surface area contributed by atoms with Crippen LogP contribution in [0.1, 0.15) is 12.5 Å². The van der Waals surface area contributed by atoms with E-state index in [4.69, 9.17) is 14.2 Å². The summed E-state index contributed by atoms with van der Waals surface area (Å²) in [6.07, 6.45) is 0.892. The highest BCUT2D eigenvalue weighted by Gasteiger charge is 2.05. The Morgan fingerprint density at radius 3 is 1.95 bits per heavy atom. The van der Waals surface area contributed by atoms with Crippen LogP contribution in [-0.4, -0.2) is 14.2 Å². The van der Waals surface area contributed by atoms with Crippen LogP contribution in [-0.2, 0) is 6.42 Å². The lowest BCUT2D eigenvalue weighted by molar-refractivity contribution is 0.410. The molecule has 0 atom stereocenters. The van der Waals surface area contributed by atoms with Crippen molar-refractivity contribution in [1.29, 1.82) is 0 Å². The Morgan fingerprint density at radius 2 is 1.37 bits per heavy atom. The summed E-state index contributed by atoms with van der Waals surface area (Å²) in [5.74, 6) is 3.31. The zero-order valence-electron chi connectivity index (χ0n) is 11.5. The molecular formula is C16H18O3. The maximum absolute atomic E-state index is 5.89. The van der Waals surface area contributed by atoms with Gasteiger partial charge in [0.1, 0.15) is 23.0 Å². The van der Waals surface area contributed by atoms with Gasteiger partial charge in [0.15, 0.2) is 0 Å². The van der Waals surface area contributed by atoms with Gasteiger partial charge in [-0.2, -0.15) is 0 Å². The zero-order valence-corrected chi connectivity index (χ0v) is 11.5. The van der Waals surface area contributed by atoms with Crippen LogP contribution in [0.25, 0.3) is 0 Å². The van der Waals surface area contributed by atoms with Crippen molar-refractivity contribution in [3.05, 3.63) is 48.0 Å². The van der Waals surface area contributed by atoms with Crippen molar-refractivity contribution < 1.29 is 14.2 Å². The van der Waals surface area contributed by atoms with Gasteiger partial charge in [-0.05, 0) is 54.4 Å². The SMILES string of the molecule is CCc1cc(OC)ccc1Oc1ccc(OC)cc1. The van der Waals surface area contributed by atoms with E-state index in [2.05, 4.69) is 6.92 Å². The largest absolute Gasteiger partial charge is 0.497 e. The van der Waals surface area contributed by atoms with E-state index >= 15 is 0 Å². The van der Waals surface area contributed by atoms with Crippen LogP contribution in [0.3, 0.4) is 0 Å². The van der Waals surface area contributed by atoms with Gasteiger partial charge in [0.25, 0.3) is 0 Å². The molecule has 0 saturated carbocycles. The smallest absolute Gasteiger partial charge is 0.130 e. The second-order valence-corrected chi connectivity index (χ2v) is 4.10. The molecule has 0 unspecified atom stereocenters. The third-order valence-corrected chi connectivity index (χ3v) is 2.94. The maximum atomic E-state index is 5.89. The third-order valence-electron chi connectivity index (χ3n) is 2.94. The van der Waals surface area contributed by atoms with Crippen molar-refractivity contribution in [2.24, 2.45) is 0 Å². The van der Waals surface area contributed by atoms with Crippen molar-refractivity contribution in [2.75, 3.05) is 14.2 Å². The molecule has 0 amide bonds. The molecule has 0 aliphatic carbocycles. The topological polar surface area (TPSA) is 27.7 Å². The van der Waals surface area contributed by atoms with Gasteiger partial charge in [0, 0.05) is 0 Å². The van der Waals surface area contributed by atoms with Crippen molar-refractivity contribution in [1.82, 2.24) is 0 Å². The summed E-state index contributed by atoms with van der Waals surface area (Å²) in [6.45, 7) is 2.09. The first-order valence-corrected chi connectivity index (χ1v) is 6.25. The minimum absolute atomic E-state index is 0.792. The van der Waals surface area contributed by atoms with E-state index in [1.54, 1.807) is 14.2 Å². The van der Waals surface area contributed by atoms with Crippen molar-refractivity contribution >= 4 is 0 Å². The number of ether oxygens (including phenoxy) is 3. The van der Waals surface area contributed by atoms with Crippen molar-refractivity contribution in [2.45, 2.75) is 13.3 Å². The van der Waals surface area contributed by atoms with E-state index in [-0.39, 0.29) is 0 Å². The molecular weight excluding hydrogens is 240 g/mol. The highest BCUT2D eigenvalue weighted by Crippen LogP contribution is 2.29. The lowest BCUT2D eigenvalue weighted by Gasteiger charge is -2.12. The van der Waals surface area contributed by atoms with E-state index in [1.807, 2.05) is 42.5 Å². The number of benzene rings is 2. The van der Waals surface area contributed by atoms with Crippen LogP contribution in [0.15, 0.2) is 42.5 Å². The van der Waals surface area contributed by atoms with E-state index in [9.17, 15) is 0 Å². The first-order chi connectivity index (χ1) is 9.26. The first kappa shape index (κ1) is 13.3. The summed E-state index contributed by atoms with van der Waals surface area (Å²) in [7, 11) is 3.31. The molecule has 0 aliphatic rings. The molecule has 2 rings (SSSR count). The third kappa shape index (κ3) is 3.19. The Bertz CT molecular complexity index is 532. The number of aryl methyl sites for hydroxylation is 1. The van der Waals surface area contributed by atoms with Crippen LogP contribution in [0.4, 0.5) is 0 Å². The summed E-state index contributed by atoms with van der Waals surface area (Å²) in [5, 5.41) is 0. The fraction of sp³-hybridized carbons (Fsp3) is 0.250. The number of rotatable bonds is 5. The predicted octanol–water partition coefficient (Wildman–Crippen LogP) is 4.06. The summed E-state index contributed by atoms with van der Waals surface area (Å²) >= 11 is 0. The van der Waals surface area contributed by atoms with Gasteiger partial charge in [-0.25, -0.2) is 0 Å². The van der Waals surface area contributed by atoms with Crippen molar-refractivity contribution in [3.63, 3.8) is 0 Å². The van der Waals surface area contributed by atoms with Crippen LogP contribution in [0.2, 0.25) is 0 Å². The summed E-state index contributed by atoms with van der Waals surface area (Å²) in [5.41, 5.74) is 1.12. The Kier molecular flexibility index (Phi) is 4.29. The minimum atomic E-state index is 0.792. The molecule has 0 heterocycles. The quantitative estimate of drug-likeness (QED) is 0.809. The Labute approximate surface area is 113 Å². The predicted molar refractivity (Wildman–Crippen MR) is 75.4 cm³/mol. The fourth-order valence-corrected chi connectivity index (χ4v) is 1.83. The Balaban J connectivity index is 2.21. The molecule has 0 aromatic heterocycles. The molecule has 0 bridgehead atoms. The van der Waals surface area contributed by atoms with Crippen LogP contribution >= 0.6 is 0 Å². The standard InChI is InChI=1S/C16H18O3/c1-4-12-11-15(18-3)9-10-16(12)19-14-7-5-13(17-2)6-8-14/h5-11H,4H2,1-3H3. The average molecular weight is 258 g/mol. The molecule has 2 aromatic carbocycles.